The predicted octanol–water partition coefficient (Wildman–Crippen LogP) is 3.70. The topological polar surface area (TPSA) is 9.23 Å². The summed E-state index contributed by atoms with van der Waals surface area (Å²) in [5.41, 5.74) is 0.243. The zero-order valence-electron chi connectivity index (χ0n) is 9.79. The molecule has 92 valence electrons. The quantitative estimate of drug-likeness (QED) is 0.665. The Hall–Kier alpha value is 0.600. The summed E-state index contributed by atoms with van der Waals surface area (Å²) in [7, 11) is 0. The van der Waals surface area contributed by atoms with Gasteiger partial charge in [-0.1, -0.05) is 6.42 Å². The molecule has 2 saturated heterocycles. The highest BCUT2D eigenvalue weighted by Crippen LogP contribution is 2.46. The van der Waals surface area contributed by atoms with Gasteiger partial charge in [-0.05, 0) is 49.7 Å². The van der Waals surface area contributed by atoms with Gasteiger partial charge in [-0.25, -0.2) is 0 Å². The molecule has 1 nitrogen and oxygen atoms in total. The summed E-state index contributed by atoms with van der Waals surface area (Å²) < 4.78 is 6.09. The minimum absolute atomic E-state index is 0.243. The maximum atomic E-state index is 6.46. The Labute approximate surface area is 108 Å². The monoisotopic (exact) mass is 260 g/mol. The number of alkyl halides is 1. The first-order valence-electron chi connectivity index (χ1n) is 6.65. The van der Waals surface area contributed by atoms with Crippen LogP contribution < -0.4 is 0 Å². The number of thioether (sulfide) groups is 1. The molecule has 0 bridgehead atoms. The third-order valence-corrected chi connectivity index (χ3v) is 6.45. The van der Waals surface area contributed by atoms with Crippen LogP contribution in [0.2, 0.25) is 0 Å². The normalized spacial score (nSPS) is 48.9. The number of ether oxygens (including phenoxy) is 1. The lowest BCUT2D eigenvalue weighted by Gasteiger charge is -2.40. The van der Waals surface area contributed by atoms with Crippen LogP contribution in [-0.4, -0.2) is 29.1 Å². The van der Waals surface area contributed by atoms with Gasteiger partial charge in [0.25, 0.3) is 0 Å². The van der Waals surface area contributed by atoms with Crippen molar-refractivity contribution in [2.24, 2.45) is 11.8 Å². The van der Waals surface area contributed by atoms with Crippen LogP contribution >= 0.6 is 23.4 Å². The molecule has 1 saturated carbocycles. The van der Waals surface area contributed by atoms with Crippen LogP contribution in [0.4, 0.5) is 0 Å². The molecule has 16 heavy (non-hydrogen) atoms. The summed E-state index contributed by atoms with van der Waals surface area (Å²) in [5.74, 6) is 4.15. The molecule has 3 heteroatoms. The second-order valence-corrected chi connectivity index (χ2v) is 7.36. The van der Waals surface area contributed by atoms with Crippen LogP contribution in [0.25, 0.3) is 0 Å². The lowest BCUT2D eigenvalue weighted by Crippen LogP contribution is -2.42. The van der Waals surface area contributed by atoms with Crippen molar-refractivity contribution in [3.63, 3.8) is 0 Å². The predicted molar refractivity (Wildman–Crippen MR) is 70.3 cm³/mol. The molecule has 0 N–H and O–H groups in total. The summed E-state index contributed by atoms with van der Waals surface area (Å²) in [6.45, 7) is 0.978. The molecule has 1 spiro atoms. The van der Waals surface area contributed by atoms with E-state index in [-0.39, 0.29) is 5.60 Å². The molecular weight excluding hydrogens is 240 g/mol. The van der Waals surface area contributed by atoms with Gasteiger partial charge in [0.1, 0.15) is 0 Å². The second-order valence-electron chi connectivity index (χ2n) is 5.70. The van der Waals surface area contributed by atoms with Gasteiger partial charge in [0, 0.05) is 17.7 Å². The van der Waals surface area contributed by atoms with E-state index in [4.69, 9.17) is 16.3 Å². The van der Waals surface area contributed by atoms with Crippen LogP contribution in [-0.2, 0) is 4.74 Å². The first-order valence-corrected chi connectivity index (χ1v) is 8.24. The molecule has 4 unspecified atom stereocenters. The van der Waals surface area contributed by atoms with E-state index in [0.717, 1.165) is 18.4 Å². The Bertz CT molecular complexity index is 252. The van der Waals surface area contributed by atoms with Crippen LogP contribution in [0, 0.1) is 11.8 Å². The minimum Gasteiger partial charge on any atom is -0.374 e. The summed E-state index contributed by atoms with van der Waals surface area (Å²) in [6, 6.07) is 0. The Morgan fingerprint density at radius 2 is 2.19 bits per heavy atom. The lowest BCUT2D eigenvalue weighted by molar-refractivity contribution is -0.0884. The third-order valence-electron chi connectivity index (χ3n) is 4.69. The van der Waals surface area contributed by atoms with Crippen LogP contribution in [0.3, 0.4) is 0 Å². The highest BCUT2D eigenvalue weighted by atomic mass is 35.5. The standard InChI is InChI=1S/C13H21ClOS/c14-12-3-1-2-11(12)10-4-6-15-13(8-10)5-7-16-9-13/h10-12H,1-9H2. The van der Waals surface area contributed by atoms with Crippen molar-refractivity contribution >= 4 is 23.4 Å². The maximum Gasteiger partial charge on any atom is 0.0783 e. The van der Waals surface area contributed by atoms with E-state index in [1.807, 2.05) is 0 Å². The zero-order valence-corrected chi connectivity index (χ0v) is 11.4. The smallest absolute Gasteiger partial charge is 0.0783 e. The van der Waals surface area contributed by atoms with Crippen LogP contribution in [0.1, 0.15) is 38.5 Å². The van der Waals surface area contributed by atoms with Crippen LogP contribution in [0.15, 0.2) is 0 Å². The molecule has 2 aliphatic heterocycles. The number of hydrogen-bond acceptors (Lipinski definition) is 2. The molecular formula is C13H21ClOS. The van der Waals surface area contributed by atoms with E-state index in [2.05, 4.69) is 11.8 Å². The van der Waals surface area contributed by atoms with Gasteiger partial charge in [0.2, 0.25) is 0 Å². The fraction of sp³-hybridized carbons (Fsp3) is 1.00. The summed E-state index contributed by atoms with van der Waals surface area (Å²) in [4.78, 5) is 0. The molecule has 3 rings (SSSR count). The molecule has 1 aliphatic carbocycles. The van der Waals surface area contributed by atoms with Gasteiger partial charge in [-0.2, -0.15) is 11.8 Å². The van der Waals surface area contributed by atoms with Crippen molar-refractivity contribution in [1.82, 2.24) is 0 Å². The fourth-order valence-corrected chi connectivity index (χ4v) is 5.63. The van der Waals surface area contributed by atoms with Crippen molar-refractivity contribution in [2.45, 2.75) is 49.5 Å². The van der Waals surface area contributed by atoms with Crippen LogP contribution in [0.5, 0.6) is 0 Å². The van der Waals surface area contributed by atoms with Gasteiger partial charge in [-0.15, -0.1) is 11.6 Å². The summed E-state index contributed by atoms with van der Waals surface area (Å²) in [5, 5.41) is 0.453. The van der Waals surface area contributed by atoms with E-state index < -0.39 is 0 Å². The number of hydrogen-bond donors (Lipinski definition) is 0. The summed E-state index contributed by atoms with van der Waals surface area (Å²) in [6.07, 6.45) is 7.76. The Kier molecular flexibility index (Phi) is 3.43. The first-order chi connectivity index (χ1) is 7.79. The third kappa shape index (κ3) is 2.13. The van der Waals surface area contributed by atoms with Gasteiger partial charge in [0.15, 0.2) is 0 Å². The van der Waals surface area contributed by atoms with Crippen molar-refractivity contribution < 1.29 is 4.74 Å². The molecule has 3 aliphatic rings. The van der Waals surface area contributed by atoms with Gasteiger partial charge in [-0.3, -0.25) is 0 Å². The second kappa shape index (κ2) is 4.70. The first kappa shape index (κ1) is 11.7. The average Bonchev–Trinajstić information content (AvgIpc) is 2.88. The number of halogens is 1. The van der Waals surface area contributed by atoms with E-state index in [1.54, 1.807) is 0 Å². The Balaban J connectivity index is 1.67. The van der Waals surface area contributed by atoms with E-state index >= 15 is 0 Å². The van der Waals surface area contributed by atoms with Gasteiger partial charge < -0.3 is 4.74 Å². The molecule has 0 amide bonds. The van der Waals surface area contributed by atoms with Crippen molar-refractivity contribution in [2.75, 3.05) is 18.1 Å². The SMILES string of the molecule is ClC1CCCC1C1CCOC2(CCSC2)C1. The largest absolute Gasteiger partial charge is 0.374 e. The fourth-order valence-electron chi connectivity index (χ4n) is 3.77. The van der Waals surface area contributed by atoms with Gasteiger partial charge in [0.05, 0.1) is 5.60 Å². The zero-order chi connectivity index (χ0) is 11.0. The lowest BCUT2D eigenvalue weighted by atomic mass is 9.77. The Morgan fingerprint density at radius 3 is 2.88 bits per heavy atom. The highest BCUT2D eigenvalue weighted by Gasteiger charge is 2.44. The molecule has 4 atom stereocenters. The molecule has 0 radical (unpaired) electrons. The maximum absolute atomic E-state index is 6.46. The number of rotatable bonds is 1. The van der Waals surface area contributed by atoms with Crippen molar-refractivity contribution in [3.8, 4) is 0 Å². The van der Waals surface area contributed by atoms with Crippen molar-refractivity contribution in [1.29, 1.82) is 0 Å². The molecule has 0 aromatic carbocycles. The summed E-state index contributed by atoms with van der Waals surface area (Å²) >= 11 is 8.53. The Morgan fingerprint density at radius 1 is 1.25 bits per heavy atom. The van der Waals surface area contributed by atoms with E-state index in [0.29, 0.717) is 5.38 Å². The average molecular weight is 261 g/mol. The van der Waals surface area contributed by atoms with E-state index in [1.165, 1.54) is 50.0 Å². The highest BCUT2D eigenvalue weighted by molar-refractivity contribution is 7.99. The molecule has 3 fully saturated rings. The van der Waals surface area contributed by atoms with E-state index in [9.17, 15) is 0 Å². The molecule has 0 aromatic heterocycles. The van der Waals surface area contributed by atoms with Crippen molar-refractivity contribution in [3.05, 3.63) is 0 Å². The molecule has 0 aromatic rings. The minimum atomic E-state index is 0.243. The molecule has 2 heterocycles. The van der Waals surface area contributed by atoms with Gasteiger partial charge >= 0.3 is 0 Å².